The van der Waals surface area contributed by atoms with Gasteiger partial charge in [0.15, 0.2) is 5.43 Å². The number of hydrogen-bond donors (Lipinski definition) is 1. The first-order chi connectivity index (χ1) is 8.24. The highest BCUT2D eigenvalue weighted by Crippen LogP contribution is 2.24. The van der Waals surface area contributed by atoms with E-state index in [4.69, 9.17) is 0 Å². The summed E-state index contributed by atoms with van der Waals surface area (Å²) in [7, 11) is 2.14. The van der Waals surface area contributed by atoms with E-state index in [1.807, 2.05) is 10.6 Å². The third kappa shape index (κ3) is 1.86. The number of aromatic amines is 1. The van der Waals surface area contributed by atoms with Gasteiger partial charge < -0.3 is 4.90 Å². The number of piperidine rings is 1. The van der Waals surface area contributed by atoms with Crippen molar-refractivity contribution >= 4 is 5.65 Å². The maximum Gasteiger partial charge on any atom is 0.183 e. The zero-order chi connectivity index (χ0) is 11.8. The van der Waals surface area contributed by atoms with E-state index >= 15 is 0 Å². The Morgan fingerprint density at radius 2 is 2.41 bits per heavy atom. The lowest BCUT2D eigenvalue weighted by Crippen LogP contribution is -2.31. The lowest BCUT2D eigenvalue weighted by atomic mass is 9.98. The molecule has 2 aromatic heterocycles. The van der Waals surface area contributed by atoms with Crippen LogP contribution in [0.1, 0.15) is 24.6 Å². The molecule has 3 heterocycles. The molecular weight excluding hydrogens is 216 g/mol. The van der Waals surface area contributed by atoms with Crippen molar-refractivity contribution in [3.63, 3.8) is 0 Å². The van der Waals surface area contributed by atoms with Gasteiger partial charge in [-0.05, 0) is 26.4 Å². The van der Waals surface area contributed by atoms with Crippen molar-refractivity contribution in [2.75, 3.05) is 20.1 Å². The number of fused-ring (bicyclic) bond motifs is 1. The van der Waals surface area contributed by atoms with E-state index in [1.54, 1.807) is 12.1 Å². The molecule has 0 amide bonds. The molecular formula is C12H16N4O. The lowest BCUT2D eigenvalue weighted by molar-refractivity contribution is 0.245. The summed E-state index contributed by atoms with van der Waals surface area (Å²) >= 11 is 0. The molecule has 1 aliphatic rings. The molecule has 0 radical (unpaired) electrons. The Morgan fingerprint density at radius 3 is 3.24 bits per heavy atom. The SMILES string of the molecule is CN1CCCC(c2n[nH]c3cc(=O)ccn23)C1. The molecule has 5 nitrogen and oxygen atoms in total. The van der Waals surface area contributed by atoms with Gasteiger partial charge in [0.25, 0.3) is 0 Å². The molecule has 1 atom stereocenters. The van der Waals surface area contributed by atoms with E-state index in [-0.39, 0.29) is 5.43 Å². The molecule has 0 aromatic carbocycles. The number of likely N-dealkylation sites (N-methyl/N-ethyl adjacent to an activating group) is 1. The summed E-state index contributed by atoms with van der Waals surface area (Å²) in [6, 6.07) is 3.17. The predicted molar refractivity (Wildman–Crippen MR) is 65.3 cm³/mol. The summed E-state index contributed by atoms with van der Waals surface area (Å²) in [4.78, 5) is 13.6. The second kappa shape index (κ2) is 4.00. The Morgan fingerprint density at radius 1 is 1.53 bits per heavy atom. The van der Waals surface area contributed by atoms with Gasteiger partial charge in [-0.25, -0.2) is 0 Å². The molecule has 1 unspecified atom stereocenters. The van der Waals surface area contributed by atoms with Crippen LogP contribution in [0.4, 0.5) is 0 Å². The number of nitrogens with zero attached hydrogens (tertiary/aromatic N) is 3. The number of aromatic nitrogens is 3. The summed E-state index contributed by atoms with van der Waals surface area (Å²) in [5.74, 6) is 1.48. The van der Waals surface area contributed by atoms with Crippen LogP contribution in [-0.4, -0.2) is 39.6 Å². The fraction of sp³-hybridized carbons (Fsp3) is 0.500. The number of likely N-dealkylation sites (tertiary alicyclic amines) is 1. The molecule has 1 aliphatic heterocycles. The maximum absolute atomic E-state index is 11.3. The van der Waals surface area contributed by atoms with Gasteiger partial charge in [0.2, 0.25) is 0 Å². The molecule has 1 fully saturated rings. The smallest absolute Gasteiger partial charge is 0.183 e. The highest BCUT2D eigenvalue weighted by Gasteiger charge is 2.22. The topological polar surface area (TPSA) is 53.4 Å². The number of pyridine rings is 1. The first kappa shape index (κ1) is 10.5. The molecule has 5 heteroatoms. The number of H-pyrrole nitrogens is 1. The molecule has 0 bridgehead atoms. The van der Waals surface area contributed by atoms with Gasteiger partial charge in [0.1, 0.15) is 11.5 Å². The summed E-state index contributed by atoms with van der Waals surface area (Å²) in [5.41, 5.74) is 0.793. The van der Waals surface area contributed by atoms with Gasteiger partial charge in [-0.3, -0.25) is 14.3 Å². The van der Waals surface area contributed by atoms with Gasteiger partial charge in [-0.1, -0.05) is 0 Å². The molecule has 0 saturated carbocycles. The summed E-state index contributed by atoms with van der Waals surface area (Å²) in [6.45, 7) is 2.19. The van der Waals surface area contributed by atoms with Crippen LogP contribution >= 0.6 is 0 Å². The largest absolute Gasteiger partial charge is 0.306 e. The Bertz CT molecular complexity index is 585. The monoisotopic (exact) mass is 232 g/mol. The van der Waals surface area contributed by atoms with Crippen LogP contribution in [0.3, 0.4) is 0 Å². The fourth-order valence-corrected chi connectivity index (χ4v) is 2.60. The van der Waals surface area contributed by atoms with Gasteiger partial charge >= 0.3 is 0 Å². The quantitative estimate of drug-likeness (QED) is 0.792. The van der Waals surface area contributed by atoms with Crippen molar-refractivity contribution in [2.24, 2.45) is 0 Å². The van der Waals surface area contributed by atoms with Crippen molar-refractivity contribution in [3.05, 3.63) is 34.4 Å². The minimum atomic E-state index is 0.0148. The molecule has 1 N–H and O–H groups in total. The van der Waals surface area contributed by atoms with E-state index < -0.39 is 0 Å². The zero-order valence-electron chi connectivity index (χ0n) is 9.89. The van der Waals surface area contributed by atoms with Crippen molar-refractivity contribution in [1.82, 2.24) is 19.5 Å². The van der Waals surface area contributed by atoms with Crippen LogP contribution in [0, 0.1) is 0 Å². The van der Waals surface area contributed by atoms with Gasteiger partial charge in [0.05, 0.1) is 0 Å². The highest BCUT2D eigenvalue weighted by molar-refractivity contribution is 5.37. The van der Waals surface area contributed by atoms with Crippen LogP contribution in [0.2, 0.25) is 0 Å². The Kier molecular flexibility index (Phi) is 2.48. The normalized spacial score (nSPS) is 22.1. The van der Waals surface area contributed by atoms with Crippen molar-refractivity contribution in [3.8, 4) is 0 Å². The van der Waals surface area contributed by atoms with E-state index in [1.165, 1.54) is 6.42 Å². The van der Waals surface area contributed by atoms with Gasteiger partial charge in [0, 0.05) is 30.8 Å². The average Bonchev–Trinajstić information content (AvgIpc) is 2.71. The van der Waals surface area contributed by atoms with Crippen molar-refractivity contribution in [1.29, 1.82) is 0 Å². The minimum Gasteiger partial charge on any atom is -0.306 e. The lowest BCUT2D eigenvalue weighted by Gasteiger charge is -2.28. The number of nitrogens with one attached hydrogen (secondary N) is 1. The molecule has 90 valence electrons. The number of rotatable bonds is 1. The Balaban J connectivity index is 2.02. The molecule has 17 heavy (non-hydrogen) atoms. The summed E-state index contributed by atoms with van der Waals surface area (Å²) in [6.07, 6.45) is 4.18. The standard InChI is InChI=1S/C12H16N4O/c1-15-5-2-3-9(8-15)12-14-13-11-7-10(17)4-6-16(11)12/h4,6-7,9,13H,2-3,5,8H2,1H3. The van der Waals surface area contributed by atoms with Crippen molar-refractivity contribution < 1.29 is 0 Å². The van der Waals surface area contributed by atoms with E-state index in [9.17, 15) is 4.79 Å². The summed E-state index contributed by atoms with van der Waals surface area (Å²) in [5, 5.41) is 7.30. The van der Waals surface area contributed by atoms with Gasteiger partial charge in [-0.2, -0.15) is 5.10 Å². The Labute approximate surface area is 99.1 Å². The van der Waals surface area contributed by atoms with Crippen LogP contribution in [-0.2, 0) is 0 Å². The third-order valence-corrected chi connectivity index (χ3v) is 3.45. The molecule has 0 spiro atoms. The maximum atomic E-state index is 11.3. The van der Waals surface area contributed by atoms with Crippen LogP contribution < -0.4 is 5.43 Å². The zero-order valence-corrected chi connectivity index (χ0v) is 9.89. The fourth-order valence-electron chi connectivity index (χ4n) is 2.60. The van der Waals surface area contributed by atoms with E-state index in [2.05, 4.69) is 22.1 Å². The highest BCUT2D eigenvalue weighted by atomic mass is 16.1. The predicted octanol–water partition coefficient (Wildman–Crippen LogP) is 0.832. The van der Waals surface area contributed by atoms with E-state index in [0.29, 0.717) is 5.92 Å². The second-order valence-electron chi connectivity index (χ2n) is 4.80. The van der Waals surface area contributed by atoms with Crippen LogP contribution in [0.5, 0.6) is 0 Å². The van der Waals surface area contributed by atoms with Gasteiger partial charge in [-0.15, -0.1) is 0 Å². The first-order valence-corrected chi connectivity index (χ1v) is 5.99. The molecule has 0 aliphatic carbocycles. The minimum absolute atomic E-state index is 0.0148. The molecule has 2 aromatic rings. The second-order valence-corrected chi connectivity index (χ2v) is 4.80. The van der Waals surface area contributed by atoms with E-state index in [0.717, 1.165) is 31.0 Å². The van der Waals surface area contributed by atoms with Crippen LogP contribution in [0.25, 0.3) is 5.65 Å². The summed E-state index contributed by atoms with van der Waals surface area (Å²) < 4.78 is 1.99. The van der Waals surface area contributed by atoms with Crippen LogP contribution in [0.15, 0.2) is 23.1 Å². The third-order valence-electron chi connectivity index (χ3n) is 3.45. The molecule has 1 saturated heterocycles. The first-order valence-electron chi connectivity index (χ1n) is 5.99. The Hall–Kier alpha value is -1.62. The van der Waals surface area contributed by atoms with Crippen molar-refractivity contribution in [2.45, 2.75) is 18.8 Å². The molecule has 3 rings (SSSR count). The number of hydrogen-bond acceptors (Lipinski definition) is 3. The average molecular weight is 232 g/mol.